The summed E-state index contributed by atoms with van der Waals surface area (Å²) in [6.07, 6.45) is 1.17. The van der Waals surface area contributed by atoms with Crippen molar-refractivity contribution in [3.05, 3.63) is 35.4 Å². The van der Waals surface area contributed by atoms with Crippen LogP contribution in [0.15, 0.2) is 24.3 Å². The van der Waals surface area contributed by atoms with Crippen molar-refractivity contribution in [3.8, 4) is 0 Å². The Morgan fingerprint density at radius 1 is 1.40 bits per heavy atom. The van der Waals surface area contributed by atoms with Crippen LogP contribution < -0.4 is 0 Å². The number of hydrogen-bond donors (Lipinski definition) is 1. The number of rotatable bonds is 4. The first kappa shape index (κ1) is 15.0. The van der Waals surface area contributed by atoms with Gasteiger partial charge in [0.05, 0.1) is 12.6 Å². The zero-order chi connectivity index (χ0) is 14.5. The molecular formula is C16H24N2O2. The van der Waals surface area contributed by atoms with E-state index in [0.29, 0.717) is 32.5 Å². The number of aliphatic hydroxyl groups excluding tert-OH is 1. The molecule has 0 unspecified atom stereocenters. The second-order valence-corrected chi connectivity index (χ2v) is 5.77. The number of likely N-dealkylation sites (N-methyl/N-ethyl adjacent to an activating group) is 1. The van der Waals surface area contributed by atoms with Gasteiger partial charge in [0.1, 0.15) is 0 Å². The molecule has 0 radical (unpaired) electrons. The highest BCUT2D eigenvalue weighted by Gasteiger charge is 2.21. The highest BCUT2D eigenvalue weighted by molar-refractivity contribution is 5.78. The number of benzene rings is 1. The van der Waals surface area contributed by atoms with Gasteiger partial charge in [0.2, 0.25) is 5.91 Å². The predicted molar refractivity (Wildman–Crippen MR) is 79.3 cm³/mol. The number of hydrogen-bond acceptors (Lipinski definition) is 3. The molecule has 4 nitrogen and oxygen atoms in total. The Labute approximate surface area is 121 Å². The van der Waals surface area contributed by atoms with Crippen LogP contribution in [0.5, 0.6) is 0 Å². The van der Waals surface area contributed by atoms with E-state index in [0.717, 1.165) is 6.54 Å². The topological polar surface area (TPSA) is 43.8 Å². The van der Waals surface area contributed by atoms with Crippen molar-refractivity contribution in [2.45, 2.75) is 32.4 Å². The zero-order valence-electron chi connectivity index (χ0n) is 12.4. The summed E-state index contributed by atoms with van der Waals surface area (Å²) < 4.78 is 0. The Bertz CT molecular complexity index is 454. The van der Waals surface area contributed by atoms with Gasteiger partial charge in [-0.25, -0.2) is 0 Å². The number of carbonyl (C=O) groups excluding carboxylic acids is 1. The van der Waals surface area contributed by atoms with Crippen LogP contribution in [0.2, 0.25) is 0 Å². The van der Waals surface area contributed by atoms with Crippen molar-refractivity contribution in [3.63, 3.8) is 0 Å². The van der Waals surface area contributed by atoms with E-state index in [1.807, 2.05) is 22.9 Å². The highest BCUT2D eigenvalue weighted by atomic mass is 16.3. The smallest absolute Gasteiger partial charge is 0.236 e. The molecular weight excluding hydrogens is 252 g/mol. The van der Waals surface area contributed by atoms with Gasteiger partial charge in [-0.05, 0) is 32.4 Å². The van der Waals surface area contributed by atoms with Gasteiger partial charge in [-0.3, -0.25) is 9.69 Å². The van der Waals surface area contributed by atoms with Gasteiger partial charge in [0, 0.05) is 19.6 Å². The predicted octanol–water partition coefficient (Wildman–Crippen LogP) is 1.41. The van der Waals surface area contributed by atoms with Gasteiger partial charge in [-0.15, -0.1) is 0 Å². The molecule has 0 bridgehead atoms. The van der Waals surface area contributed by atoms with Crippen molar-refractivity contribution >= 4 is 5.91 Å². The number of amides is 1. The van der Waals surface area contributed by atoms with Crippen LogP contribution in [0, 0.1) is 6.92 Å². The molecule has 110 valence electrons. The Hall–Kier alpha value is -1.39. The third-order valence-electron chi connectivity index (χ3n) is 3.76. The molecule has 0 atom stereocenters. The molecule has 4 heteroatoms. The fourth-order valence-corrected chi connectivity index (χ4v) is 2.62. The van der Waals surface area contributed by atoms with Crippen molar-refractivity contribution in [2.24, 2.45) is 0 Å². The molecule has 1 aliphatic rings. The lowest BCUT2D eigenvalue weighted by molar-refractivity contribution is -0.134. The molecule has 1 aliphatic heterocycles. The SMILES string of the molecule is Cc1cccc(CN(C)CC(=O)N2CCC(O)CC2)c1. The molecule has 1 fully saturated rings. The number of nitrogens with zero attached hydrogens (tertiary/aromatic N) is 2. The zero-order valence-corrected chi connectivity index (χ0v) is 12.4. The van der Waals surface area contributed by atoms with Gasteiger partial charge in [-0.1, -0.05) is 29.8 Å². The van der Waals surface area contributed by atoms with E-state index in [9.17, 15) is 9.90 Å². The second kappa shape index (κ2) is 6.86. The Morgan fingerprint density at radius 2 is 2.10 bits per heavy atom. The molecule has 0 spiro atoms. The van der Waals surface area contributed by atoms with E-state index in [4.69, 9.17) is 0 Å². The number of aryl methyl sites for hydroxylation is 1. The van der Waals surface area contributed by atoms with Gasteiger partial charge in [0.15, 0.2) is 0 Å². The van der Waals surface area contributed by atoms with Crippen LogP contribution in [0.3, 0.4) is 0 Å². The van der Waals surface area contributed by atoms with Crippen LogP contribution in [0.4, 0.5) is 0 Å². The van der Waals surface area contributed by atoms with E-state index in [1.54, 1.807) is 0 Å². The van der Waals surface area contributed by atoms with Crippen molar-refractivity contribution in [1.29, 1.82) is 0 Å². The first-order valence-electron chi connectivity index (χ1n) is 7.24. The molecule has 1 aromatic rings. The minimum Gasteiger partial charge on any atom is -0.393 e. The van der Waals surface area contributed by atoms with Gasteiger partial charge >= 0.3 is 0 Å². The molecule has 1 amide bonds. The molecule has 1 N–H and O–H groups in total. The average Bonchev–Trinajstić information content (AvgIpc) is 2.39. The molecule has 0 saturated carbocycles. The summed E-state index contributed by atoms with van der Waals surface area (Å²) in [7, 11) is 1.97. The lowest BCUT2D eigenvalue weighted by Gasteiger charge is -2.31. The largest absolute Gasteiger partial charge is 0.393 e. The summed E-state index contributed by atoms with van der Waals surface area (Å²) in [5, 5.41) is 9.46. The van der Waals surface area contributed by atoms with Crippen LogP contribution in [-0.4, -0.2) is 53.6 Å². The number of likely N-dealkylation sites (tertiary alicyclic amines) is 1. The second-order valence-electron chi connectivity index (χ2n) is 5.77. The summed E-state index contributed by atoms with van der Waals surface area (Å²) in [6, 6.07) is 8.36. The first-order chi connectivity index (χ1) is 9.54. The van der Waals surface area contributed by atoms with E-state index in [1.165, 1.54) is 11.1 Å². The van der Waals surface area contributed by atoms with Gasteiger partial charge < -0.3 is 10.0 Å². The van der Waals surface area contributed by atoms with Crippen molar-refractivity contribution in [2.75, 3.05) is 26.7 Å². The summed E-state index contributed by atoms with van der Waals surface area (Å²) >= 11 is 0. The highest BCUT2D eigenvalue weighted by Crippen LogP contribution is 2.11. The Balaban J connectivity index is 1.82. The van der Waals surface area contributed by atoms with Crippen molar-refractivity contribution in [1.82, 2.24) is 9.80 Å². The third kappa shape index (κ3) is 4.32. The fraction of sp³-hybridized carbons (Fsp3) is 0.562. The maximum atomic E-state index is 12.2. The van der Waals surface area contributed by atoms with Crippen molar-refractivity contribution < 1.29 is 9.90 Å². The van der Waals surface area contributed by atoms with Crippen LogP contribution in [0.1, 0.15) is 24.0 Å². The molecule has 2 rings (SSSR count). The maximum Gasteiger partial charge on any atom is 0.236 e. The lowest BCUT2D eigenvalue weighted by atomic mass is 10.1. The summed E-state index contributed by atoms with van der Waals surface area (Å²) in [5.74, 6) is 0.159. The third-order valence-corrected chi connectivity index (χ3v) is 3.76. The van der Waals surface area contributed by atoms with E-state index < -0.39 is 0 Å². The molecule has 1 aromatic carbocycles. The van der Waals surface area contributed by atoms with Crippen LogP contribution in [0.25, 0.3) is 0 Å². The minimum absolute atomic E-state index is 0.159. The van der Waals surface area contributed by atoms with Gasteiger partial charge in [0.25, 0.3) is 0 Å². The average molecular weight is 276 g/mol. The molecule has 1 saturated heterocycles. The Morgan fingerprint density at radius 3 is 2.75 bits per heavy atom. The normalized spacial score (nSPS) is 16.7. The Kier molecular flexibility index (Phi) is 5.15. The quantitative estimate of drug-likeness (QED) is 0.904. The van der Waals surface area contributed by atoms with Crippen LogP contribution >= 0.6 is 0 Å². The monoisotopic (exact) mass is 276 g/mol. The summed E-state index contributed by atoms with van der Waals surface area (Å²) in [6.45, 7) is 4.65. The minimum atomic E-state index is -0.232. The first-order valence-corrected chi connectivity index (χ1v) is 7.24. The number of carbonyl (C=O) groups is 1. The lowest BCUT2D eigenvalue weighted by Crippen LogP contribution is -2.44. The van der Waals surface area contributed by atoms with Gasteiger partial charge in [-0.2, -0.15) is 0 Å². The molecule has 20 heavy (non-hydrogen) atoms. The molecule has 0 aliphatic carbocycles. The van der Waals surface area contributed by atoms with E-state index >= 15 is 0 Å². The van der Waals surface area contributed by atoms with E-state index in [-0.39, 0.29) is 12.0 Å². The molecule has 0 aromatic heterocycles. The fourth-order valence-electron chi connectivity index (χ4n) is 2.62. The summed E-state index contributed by atoms with van der Waals surface area (Å²) in [4.78, 5) is 16.1. The standard InChI is InChI=1S/C16H24N2O2/c1-13-4-3-5-14(10-13)11-17(2)12-16(20)18-8-6-15(19)7-9-18/h3-5,10,15,19H,6-9,11-12H2,1-2H3. The summed E-state index contributed by atoms with van der Waals surface area (Å²) in [5.41, 5.74) is 2.47. The molecule has 1 heterocycles. The number of piperidine rings is 1. The van der Waals surface area contributed by atoms with E-state index in [2.05, 4.69) is 25.1 Å². The van der Waals surface area contributed by atoms with Crippen LogP contribution in [-0.2, 0) is 11.3 Å². The maximum absolute atomic E-state index is 12.2. The number of aliphatic hydroxyl groups is 1.